The van der Waals surface area contributed by atoms with Crippen molar-refractivity contribution in [2.24, 2.45) is 0 Å². The minimum Gasteiger partial charge on any atom is -0.326 e. The maximum Gasteiger partial charge on any atom is 0.237 e. The molecule has 1 aliphatic heterocycles. The fourth-order valence-electron chi connectivity index (χ4n) is 3.65. The van der Waals surface area contributed by atoms with Gasteiger partial charge in [0.15, 0.2) is 0 Å². The largest absolute Gasteiger partial charge is 0.326 e. The van der Waals surface area contributed by atoms with E-state index < -0.39 is 5.54 Å². The van der Waals surface area contributed by atoms with Crippen LogP contribution >= 0.6 is 0 Å². The van der Waals surface area contributed by atoms with Crippen LogP contribution in [-0.2, 0) is 17.8 Å². The van der Waals surface area contributed by atoms with Gasteiger partial charge in [-0.25, -0.2) is 9.67 Å². The predicted molar refractivity (Wildman–Crippen MR) is 84.3 cm³/mol. The summed E-state index contributed by atoms with van der Waals surface area (Å²) in [5.41, 5.74) is -0.608. The first-order valence-corrected chi connectivity index (χ1v) is 8.42. The van der Waals surface area contributed by atoms with Crippen LogP contribution < -0.4 is 5.32 Å². The van der Waals surface area contributed by atoms with Gasteiger partial charge in [-0.2, -0.15) is 10.4 Å². The molecule has 2 aliphatic rings. The zero-order valence-electron chi connectivity index (χ0n) is 13.7. The molecule has 1 aromatic rings. The second-order valence-electron chi connectivity index (χ2n) is 6.63. The number of nitriles is 1. The summed E-state index contributed by atoms with van der Waals surface area (Å²) < 4.78 is 1.90. The molecule has 0 spiro atoms. The van der Waals surface area contributed by atoms with Crippen LogP contribution in [0.1, 0.15) is 44.3 Å². The van der Waals surface area contributed by atoms with Gasteiger partial charge < -0.3 is 10.2 Å². The van der Waals surface area contributed by atoms with E-state index in [1.165, 1.54) is 0 Å². The Hall–Kier alpha value is -1.94. The van der Waals surface area contributed by atoms with Crippen molar-refractivity contribution in [3.05, 3.63) is 12.2 Å². The topological polar surface area (TPSA) is 86.8 Å². The number of fused-ring (bicyclic) bond motifs is 1. The van der Waals surface area contributed by atoms with Gasteiger partial charge in [-0.1, -0.05) is 19.3 Å². The molecule has 7 nitrogen and oxygen atoms in total. The molecule has 124 valence electrons. The minimum atomic E-state index is -0.608. The molecule has 1 atom stereocenters. The molecule has 1 aliphatic carbocycles. The van der Waals surface area contributed by atoms with Crippen LogP contribution in [0.3, 0.4) is 0 Å². The molecule has 7 heteroatoms. The Morgan fingerprint density at radius 2 is 2.30 bits per heavy atom. The van der Waals surface area contributed by atoms with E-state index in [0.717, 1.165) is 57.3 Å². The minimum absolute atomic E-state index is 0.00200. The summed E-state index contributed by atoms with van der Waals surface area (Å²) >= 11 is 0. The van der Waals surface area contributed by atoms with E-state index in [4.69, 9.17) is 0 Å². The Bertz CT molecular complexity index is 598. The number of rotatable bonds is 4. The maximum atomic E-state index is 12.5. The first kappa shape index (κ1) is 15.9. The van der Waals surface area contributed by atoms with Gasteiger partial charge in [0.1, 0.15) is 17.7 Å². The molecule has 1 saturated carbocycles. The van der Waals surface area contributed by atoms with E-state index in [1.807, 2.05) is 4.68 Å². The highest BCUT2D eigenvalue weighted by Crippen LogP contribution is 2.32. The number of amides is 1. The molecular formula is C16H24N6O. The first-order valence-electron chi connectivity index (χ1n) is 8.42. The molecular weight excluding hydrogens is 292 g/mol. The normalized spacial score (nSPS) is 22.9. The molecule has 0 saturated heterocycles. The van der Waals surface area contributed by atoms with Crippen molar-refractivity contribution in [2.75, 3.05) is 13.6 Å². The lowest BCUT2D eigenvalue weighted by Crippen LogP contribution is -2.53. The van der Waals surface area contributed by atoms with Crippen LogP contribution in [0.5, 0.6) is 0 Å². The molecule has 0 unspecified atom stereocenters. The molecule has 1 fully saturated rings. The zero-order chi connectivity index (χ0) is 16.3. The summed E-state index contributed by atoms with van der Waals surface area (Å²) in [6, 6.07) is 2.63. The lowest BCUT2D eigenvalue weighted by molar-refractivity contribution is -0.134. The summed E-state index contributed by atoms with van der Waals surface area (Å²) in [4.78, 5) is 18.4. The zero-order valence-corrected chi connectivity index (χ0v) is 13.7. The summed E-state index contributed by atoms with van der Waals surface area (Å²) in [6.45, 7) is 1.02. The highest BCUT2D eigenvalue weighted by Gasteiger charge is 2.38. The third kappa shape index (κ3) is 3.22. The van der Waals surface area contributed by atoms with Gasteiger partial charge in [0, 0.05) is 19.5 Å². The summed E-state index contributed by atoms with van der Waals surface area (Å²) in [5, 5.41) is 17.1. The van der Waals surface area contributed by atoms with Gasteiger partial charge in [-0.05, 0) is 19.3 Å². The second-order valence-corrected chi connectivity index (χ2v) is 6.63. The number of likely N-dealkylation sites (N-methyl/N-ethyl adjacent to an activating group) is 1. The maximum absolute atomic E-state index is 12.5. The van der Waals surface area contributed by atoms with E-state index in [2.05, 4.69) is 21.5 Å². The summed E-state index contributed by atoms with van der Waals surface area (Å²) in [5.74, 6) is 1.01. The Morgan fingerprint density at radius 1 is 1.52 bits per heavy atom. The van der Waals surface area contributed by atoms with Crippen LogP contribution in [0, 0.1) is 11.3 Å². The number of carbonyl (C=O) groups excluding carboxylic acids is 1. The lowest BCUT2D eigenvalue weighted by Gasteiger charge is -2.39. The smallest absolute Gasteiger partial charge is 0.237 e. The predicted octanol–water partition coefficient (Wildman–Crippen LogP) is 0.867. The second kappa shape index (κ2) is 6.67. The van der Waals surface area contributed by atoms with Gasteiger partial charge in [0.05, 0.1) is 19.2 Å². The average Bonchev–Trinajstić information content (AvgIpc) is 3.07. The number of nitrogens with one attached hydrogen (secondary N) is 1. The molecule has 3 rings (SSSR count). The number of aryl methyl sites for hydroxylation is 1. The standard InChI is InChI=1S/C16H24N6O/c1-21(16(11-17)7-3-2-4-8-16)15(23)9-18-13-5-6-14-19-12-20-22(14)10-13/h12-13,18H,2-10H2,1H3/t13-/m0/s1. The van der Waals surface area contributed by atoms with Gasteiger partial charge in [0.2, 0.25) is 5.91 Å². The SMILES string of the molecule is CN(C(=O)CN[C@H]1CCc2ncnn2C1)C1(C#N)CCCCC1. The lowest BCUT2D eigenvalue weighted by atomic mass is 9.81. The third-order valence-corrected chi connectivity index (χ3v) is 5.25. The van der Waals surface area contributed by atoms with Crippen molar-refractivity contribution in [2.45, 2.75) is 63.1 Å². The van der Waals surface area contributed by atoms with Gasteiger partial charge in [-0.15, -0.1) is 0 Å². The van der Waals surface area contributed by atoms with E-state index in [0.29, 0.717) is 0 Å². The van der Waals surface area contributed by atoms with E-state index in [1.54, 1.807) is 18.3 Å². The van der Waals surface area contributed by atoms with E-state index >= 15 is 0 Å². The highest BCUT2D eigenvalue weighted by atomic mass is 16.2. The Morgan fingerprint density at radius 3 is 3.04 bits per heavy atom. The molecule has 1 amide bonds. The number of aromatic nitrogens is 3. The number of carbonyl (C=O) groups is 1. The van der Waals surface area contributed by atoms with Crippen LogP contribution in [-0.4, -0.2) is 50.7 Å². The molecule has 0 aromatic carbocycles. The van der Waals surface area contributed by atoms with Crippen LogP contribution in [0.2, 0.25) is 0 Å². The fraction of sp³-hybridized carbons (Fsp3) is 0.750. The molecule has 2 heterocycles. The monoisotopic (exact) mass is 316 g/mol. The van der Waals surface area contributed by atoms with Gasteiger partial charge in [-0.3, -0.25) is 4.79 Å². The Balaban J connectivity index is 1.54. The Labute approximate surface area is 136 Å². The summed E-state index contributed by atoms with van der Waals surface area (Å²) in [7, 11) is 1.77. The van der Waals surface area contributed by atoms with Crippen LogP contribution in [0.15, 0.2) is 6.33 Å². The number of nitrogens with zero attached hydrogens (tertiary/aromatic N) is 5. The highest BCUT2D eigenvalue weighted by molar-refractivity contribution is 5.79. The molecule has 23 heavy (non-hydrogen) atoms. The van der Waals surface area contributed by atoms with E-state index in [-0.39, 0.29) is 18.5 Å². The molecule has 1 N–H and O–H groups in total. The van der Waals surface area contributed by atoms with Crippen molar-refractivity contribution in [3.63, 3.8) is 0 Å². The summed E-state index contributed by atoms with van der Waals surface area (Å²) in [6.07, 6.45) is 8.20. The number of hydrogen-bond acceptors (Lipinski definition) is 5. The van der Waals surface area contributed by atoms with Crippen molar-refractivity contribution >= 4 is 5.91 Å². The number of hydrogen-bond donors (Lipinski definition) is 1. The van der Waals surface area contributed by atoms with E-state index in [9.17, 15) is 10.1 Å². The molecule has 0 bridgehead atoms. The van der Waals surface area contributed by atoms with Crippen LogP contribution in [0.25, 0.3) is 0 Å². The Kier molecular flexibility index (Phi) is 4.62. The molecule has 0 radical (unpaired) electrons. The van der Waals surface area contributed by atoms with Crippen molar-refractivity contribution in [1.82, 2.24) is 25.0 Å². The van der Waals surface area contributed by atoms with Crippen molar-refractivity contribution in [1.29, 1.82) is 5.26 Å². The fourth-order valence-corrected chi connectivity index (χ4v) is 3.65. The quantitative estimate of drug-likeness (QED) is 0.890. The van der Waals surface area contributed by atoms with Crippen molar-refractivity contribution in [3.8, 4) is 6.07 Å². The van der Waals surface area contributed by atoms with Crippen molar-refractivity contribution < 1.29 is 4.79 Å². The average molecular weight is 316 g/mol. The van der Waals surface area contributed by atoms with Gasteiger partial charge >= 0.3 is 0 Å². The first-order chi connectivity index (χ1) is 11.1. The molecule has 1 aromatic heterocycles. The van der Waals surface area contributed by atoms with Gasteiger partial charge in [0.25, 0.3) is 0 Å². The third-order valence-electron chi connectivity index (χ3n) is 5.25. The van der Waals surface area contributed by atoms with Crippen LogP contribution in [0.4, 0.5) is 0 Å².